The molecule has 0 unspecified atom stereocenters. The Labute approximate surface area is 213 Å². The summed E-state index contributed by atoms with van der Waals surface area (Å²) in [5, 5.41) is 16.0. The standard InChI is InChI=1S/C25H33F2N5O3S/c1-13-7-6-10-32(13)24(35)19-20(36-23(30-19)22(34)29-16-8-5-9-17(16)33)15-12-28-18(31-25(2,3)4)11-14(15)21(26)27/h11-13,16-17,21,33H,5-10H2,1-4H3,(H,28,31)(H,29,34)/t13-,16+,17+/m0/s1. The minimum Gasteiger partial charge on any atom is -0.391 e. The number of halogens is 2. The number of nitrogens with zero attached hydrogens (tertiary/aromatic N) is 3. The van der Waals surface area contributed by atoms with Crippen molar-refractivity contribution in [1.29, 1.82) is 0 Å². The molecule has 1 saturated heterocycles. The van der Waals surface area contributed by atoms with Crippen molar-refractivity contribution in [3.63, 3.8) is 0 Å². The van der Waals surface area contributed by atoms with Gasteiger partial charge in [0.05, 0.1) is 17.0 Å². The van der Waals surface area contributed by atoms with Crippen LogP contribution >= 0.6 is 11.3 Å². The Morgan fingerprint density at radius 1 is 1.22 bits per heavy atom. The molecule has 0 spiro atoms. The predicted octanol–water partition coefficient (Wildman–Crippen LogP) is 4.62. The Bertz CT molecular complexity index is 1130. The monoisotopic (exact) mass is 521 g/mol. The number of hydrogen-bond acceptors (Lipinski definition) is 7. The van der Waals surface area contributed by atoms with Gasteiger partial charge in [-0.05, 0) is 65.9 Å². The number of alkyl halides is 2. The molecule has 3 atom stereocenters. The molecule has 8 nitrogen and oxygen atoms in total. The molecule has 2 aromatic heterocycles. The number of thiazole rings is 1. The van der Waals surface area contributed by atoms with Gasteiger partial charge in [-0.15, -0.1) is 11.3 Å². The maximum atomic E-state index is 14.2. The number of pyridine rings is 1. The molecule has 1 aliphatic heterocycles. The number of amides is 2. The molecule has 1 saturated carbocycles. The highest BCUT2D eigenvalue weighted by molar-refractivity contribution is 7.17. The van der Waals surface area contributed by atoms with E-state index in [2.05, 4.69) is 20.6 Å². The largest absolute Gasteiger partial charge is 0.391 e. The van der Waals surface area contributed by atoms with Gasteiger partial charge in [0, 0.05) is 35.4 Å². The average molecular weight is 522 g/mol. The van der Waals surface area contributed by atoms with E-state index < -0.39 is 24.5 Å². The summed E-state index contributed by atoms with van der Waals surface area (Å²) in [6.45, 7) is 8.17. The van der Waals surface area contributed by atoms with Crippen LogP contribution in [0.5, 0.6) is 0 Å². The van der Waals surface area contributed by atoms with Crippen LogP contribution in [0, 0.1) is 0 Å². The van der Waals surface area contributed by atoms with Crippen LogP contribution in [0.2, 0.25) is 0 Å². The van der Waals surface area contributed by atoms with Crippen LogP contribution in [-0.4, -0.2) is 62.1 Å². The van der Waals surface area contributed by atoms with E-state index in [1.54, 1.807) is 4.90 Å². The second-order valence-electron chi connectivity index (χ2n) is 10.6. The van der Waals surface area contributed by atoms with Crippen LogP contribution in [0.15, 0.2) is 12.3 Å². The van der Waals surface area contributed by atoms with Gasteiger partial charge in [0.1, 0.15) is 11.5 Å². The second-order valence-corrected chi connectivity index (χ2v) is 11.6. The summed E-state index contributed by atoms with van der Waals surface area (Å²) >= 11 is 0.898. The van der Waals surface area contributed by atoms with Crippen molar-refractivity contribution in [3.05, 3.63) is 28.5 Å². The molecule has 3 heterocycles. The zero-order valence-corrected chi connectivity index (χ0v) is 21.8. The summed E-state index contributed by atoms with van der Waals surface area (Å²) in [6, 6.07) is 0.874. The smallest absolute Gasteiger partial charge is 0.280 e. The first-order valence-corrected chi connectivity index (χ1v) is 13.1. The average Bonchev–Trinajstić information content (AvgIpc) is 3.52. The Hall–Kier alpha value is -2.66. The highest BCUT2D eigenvalue weighted by Crippen LogP contribution is 2.39. The minimum atomic E-state index is -2.83. The summed E-state index contributed by atoms with van der Waals surface area (Å²) in [4.78, 5) is 37.1. The van der Waals surface area contributed by atoms with Crippen LogP contribution in [0.3, 0.4) is 0 Å². The highest BCUT2D eigenvalue weighted by Gasteiger charge is 2.34. The molecular formula is C25H33F2N5O3S. The van der Waals surface area contributed by atoms with Crippen molar-refractivity contribution in [2.45, 2.75) is 90.0 Å². The van der Waals surface area contributed by atoms with Crippen molar-refractivity contribution >= 4 is 29.0 Å². The Balaban J connectivity index is 1.76. The van der Waals surface area contributed by atoms with Gasteiger partial charge in [-0.3, -0.25) is 9.59 Å². The lowest BCUT2D eigenvalue weighted by Gasteiger charge is -2.23. The molecule has 2 amide bonds. The van der Waals surface area contributed by atoms with Crippen LogP contribution in [-0.2, 0) is 0 Å². The maximum absolute atomic E-state index is 14.2. The fourth-order valence-electron chi connectivity index (χ4n) is 4.75. The third-order valence-electron chi connectivity index (χ3n) is 6.55. The molecule has 4 rings (SSSR count). The number of hydrogen-bond donors (Lipinski definition) is 3. The predicted molar refractivity (Wildman–Crippen MR) is 135 cm³/mol. The van der Waals surface area contributed by atoms with E-state index >= 15 is 0 Å². The first-order chi connectivity index (χ1) is 16.9. The minimum absolute atomic E-state index is 0.00332. The third kappa shape index (κ3) is 5.67. The summed E-state index contributed by atoms with van der Waals surface area (Å²) in [6.07, 6.45) is 1.57. The number of aliphatic hydroxyl groups excluding tert-OH is 1. The van der Waals surface area contributed by atoms with E-state index in [1.165, 1.54) is 12.3 Å². The first kappa shape index (κ1) is 26.4. The number of aliphatic hydroxyl groups is 1. The number of likely N-dealkylation sites (tertiary alicyclic amines) is 1. The molecule has 1 aliphatic carbocycles. The number of anilines is 1. The van der Waals surface area contributed by atoms with Gasteiger partial charge in [0.2, 0.25) is 0 Å². The van der Waals surface area contributed by atoms with E-state index in [9.17, 15) is 23.5 Å². The molecular weight excluding hydrogens is 488 g/mol. The van der Waals surface area contributed by atoms with Crippen LogP contribution in [0.4, 0.5) is 14.6 Å². The van der Waals surface area contributed by atoms with Gasteiger partial charge in [-0.1, -0.05) is 0 Å². The van der Waals surface area contributed by atoms with Crippen LogP contribution < -0.4 is 10.6 Å². The molecule has 0 radical (unpaired) electrons. The lowest BCUT2D eigenvalue weighted by atomic mass is 10.1. The summed E-state index contributed by atoms with van der Waals surface area (Å²) < 4.78 is 28.5. The van der Waals surface area contributed by atoms with Crippen molar-refractivity contribution in [1.82, 2.24) is 20.2 Å². The zero-order chi connectivity index (χ0) is 26.2. The molecule has 2 aliphatic rings. The topological polar surface area (TPSA) is 107 Å². The highest BCUT2D eigenvalue weighted by atomic mass is 32.1. The quantitative estimate of drug-likeness (QED) is 0.512. The van der Waals surface area contributed by atoms with Crippen molar-refractivity contribution in [2.75, 3.05) is 11.9 Å². The fourth-order valence-corrected chi connectivity index (χ4v) is 5.74. The van der Waals surface area contributed by atoms with Gasteiger partial charge in [0.15, 0.2) is 5.01 Å². The number of carbonyl (C=O) groups is 2. The lowest BCUT2D eigenvalue weighted by Crippen LogP contribution is -2.40. The fraction of sp³-hybridized carbons (Fsp3) is 0.600. The molecule has 36 heavy (non-hydrogen) atoms. The van der Waals surface area contributed by atoms with Crippen LogP contribution in [0.25, 0.3) is 10.4 Å². The Morgan fingerprint density at radius 3 is 2.56 bits per heavy atom. The molecule has 2 fully saturated rings. The molecule has 3 N–H and O–H groups in total. The van der Waals surface area contributed by atoms with Gasteiger partial charge < -0.3 is 20.6 Å². The van der Waals surface area contributed by atoms with E-state index in [1.807, 2.05) is 27.7 Å². The van der Waals surface area contributed by atoms with Crippen LogP contribution in [0.1, 0.15) is 92.1 Å². The van der Waals surface area contributed by atoms with E-state index in [4.69, 9.17) is 0 Å². The SMILES string of the molecule is C[C@H]1CCCN1C(=O)c1nc(C(=O)N[C@@H]2CCC[C@H]2O)sc1-c1cnc(NC(C)(C)C)cc1C(F)F. The maximum Gasteiger partial charge on any atom is 0.280 e. The van der Waals surface area contributed by atoms with Crippen molar-refractivity contribution < 1.29 is 23.5 Å². The summed E-state index contributed by atoms with van der Waals surface area (Å²) in [5.41, 5.74) is -0.619. The second kappa shape index (κ2) is 10.4. The van der Waals surface area contributed by atoms with E-state index in [0.29, 0.717) is 25.2 Å². The van der Waals surface area contributed by atoms with Gasteiger partial charge >= 0.3 is 0 Å². The van der Waals surface area contributed by atoms with Gasteiger partial charge in [-0.2, -0.15) is 0 Å². The Kier molecular flexibility index (Phi) is 7.61. The number of nitrogens with one attached hydrogen (secondary N) is 2. The number of aromatic nitrogens is 2. The molecule has 196 valence electrons. The normalized spacial score (nSPS) is 22.3. The molecule has 0 bridgehead atoms. The van der Waals surface area contributed by atoms with E-state index in [0.717, 1.165) is 30.6 Å². The number of carbonyl (C=O) groups excluding carboxylic acids is 2. The first-order valence-electron chi connectivity index (χ1n) is 12.3. The third-order valence-corrected chi connectivity index (χ3v) is 7.64. The van der Waals surface area contributed by atoms with E-state index in [-0.39, 0.29) is 44.2 Å². The van der Waals surface area contributed by atoms with Crippen molar-refractivity contribution in [2.24, 2.45) is 0 Å². The zero-order valence-electron chi connectivity index (χ0n) is 21.0. The number of rotatable bonds is 6. The Morgan fingerprint density at radius 2 is 1.97 bits per heavy atom. The lowest BCUT2D eigenvalue weighted by molar-refractivity contribution is 0.0742. The molecule has 0 aromatic carbocycles. The van der Waals surface area contributed by atoms with Gasteiger partial charge in [-0.25, -0.2) is 18.7 Å². The summed E-state index contributed by atoms with van der Waals surface area (Å²) in [7, 11) is 0. The van der Waals surface area contributed by atoms with Crippen molar-refractivity contribution in [3.8, 4) is 10.4 Å². The molecule has 11 heteroatoms. The summed E-state index contributed by atoms with van der Waals surface area (Å²) in [5.74, 6) is -0.623. The van der Waals surface area contributed by atoms with Gasteiger partial charge in [0.25, 0.3) is 18.2 Å². The molecule has 2 aromatic rings.